The SMILES string of the molecule is C=CCC(C)(C)C(=O)O.CC=CSC=CC. The average molecular weight is 242 g/mol. The van der Waals surface area contributed by atoms with E-state index in [-0.39, 0.29) is 0 Å². The molecular weight excluding hydrogens is 220 g/mol. The maximum absolute atomic E-state index is 10.4. The van der Waals surface area contributed by atoms with Gasteiger partial charge in [-0.05, 0) is 44.9 Å². The fourth-order valence-electron chi connectivity index (χ4n) is 0.651. The zero-order chi connectivity index (χ0) is 13.0. The maximum Gasteiger partial charge on any atom is 0.309 e. The molecule has 0 heterocycles. The number of allylic oxidation sites excluding steroid dienone is 3. The largest absolute Gasteiger partial charge is 0.481 e. The van der Waals surface area contributed by atoms with Crippen LogP contribution in [0.15, 0.2) is 35.6 Å². The van der Waals surface area contributed by atoms with Crippen LogP contribution in [0, 0.1) is 5.41 Å². The second-order valence-electron chi connectivity index (χ2n) is 3.76. The van der Waals surface area contributed by atoms with Crippen LogP contribution in [-0.2, 0) is 4.79 Å². The van der Waals surface area contributed by atoms with Gasteiger partial charge in [0.1, 0.15) is 0 Å². The van der Waals surface area contributed by atoms with Gasteiger partial charge in [-0.15, -0.1) is 18.3 Å². The van der Waals surface area contributed by atoms with E-state index in [4.69, 9.17) is 5.11 Å². The first-order chi connectivity index (χ1) is 7.42. The molecule has 0 bridgehead atoms. The Hall–Kier alpha value is -0.960. The van der Waals surface area contributed by atoms with Gasteiger partial charge >= 0.3 is 5.97 Å². The zero-order valence-corrected chi connectivity index (χ0v) is 11.4. The summed E-state index contributed by atoms with van der Waals surface area (Å²) in [5, 5.41) is 12.6. The summed E-state index contributed by atoms with van der Waals surface area (Å²) < 4.78 is 0. The van der Waals surface area contributed by atoms with Gasteiger partial charge in [-0.3, -0.25) is 4.79 Å². The van der Waals surface area contributed by atoms with Gasteiger partial charge in [0.05, 0.1) is 5.41 Å². The van der Waals surface area contributed by atoms with Gasteiger partial charge in [0.25, 0.3) is 0 Å². The summed E-state index contributed by atoms with van der Waals surface area (Å²) in [6.07, 6.45) is 6.17. The lowest BCUT2D eigenvalue weighted by Crippen LogP contribution is -2.22. The monoisotopic (exact) mass is 242 g/mol. The molecule has 0 aliphatic heterocycles. The lowest BCUT2D eigenvalue weighted by Gasteiger charge is -2.15. The average Bonchev–Trinajstić information content (AvgIpc) is 2.19. The topological polar surface area (TPSA) is 37.3 Å². The lowest BCUT2D eigenvalue weighted by molar-refractivity contribution is -0.146. The maximum atomic E-state index is 10.4. The molecule has 0 saturated heterocycles. The number of aliphatic carboxylic acids is 1. The summed E-state index contributed by atoms with van der Waals surface area (Å²) in [5.41, 5.74) is -0.651. The molecule has 1 N–H and O–H groups in total. The molecule has 0 fully saturated rings. The van der Waals surface area contributed by atoms with E-state index in [1.807, 2.05) is 36.8 Å². The normalized spacial score (nSPS) is 11.2. The first-order valence-electron chi connectivity index (χ1n) is 5.14. The number of hydrogen-bond acceptors (Lipinski definition) is 2. The van der Waals surface area contributed by atoms with Crippen LogP contribution in [-0.4, -0.2) is 11.1 Å². The molecule has 0 aliphatic rings. The van der Waals surface area contributed by atoms with Gasteiger partial charge in [-0.1, -0.05) is 18.2 Å². The van der Waals surface area contributed by atoms with E-state index in [2.05, 4.69) is 6.58 Å². The molecular formula is C13H22O2S. The van der Waals surface area contributed by atoms with E-state index in [0.29, 0.717) is 6.42 Å². The Labute approximate surface area is 103 Å². The molecule has 0 rings (SSSR count). The Morgan fingerprint density at radius 2 is 1.75 bits per heavy atom. The molecule has 0 amide bonds. The van der Waals surface area contributed by atoms with Crippen LogP contribution < -0.4 is 0 Å². The number of carboxylic acids is 1. The van der Waals surface area contributed by atoms with Crippen LogP contribution in [0.4, 0.5) is 0 Å². The van der Waals surface area contributed by atoms with Crippen molar-refractivity contribution in [3.63, 3.8) is 0 Å². The molecule has 2 nitrogen and oxygen atoms in total. The van der Waals surface area contributed by atoms with Crippen molar-refractivity contribution in [3.05, 3.63) is 35.6 Å². The third-order valence-corrected chi connectivity index (χ3v) is 2.52. The first kappa shape index (κ1) is 17.4. The highest BCUT2D eigenvalue weighted by Crippen LogP contribution is 2.19. The molecule has 16 heavy (non-hydrogen) atoms. The van der Waals surface area contributed by atoms with Crippen molar-refractivity contribution in [1.29, 1.82) is 0 Å². The Morgan fingerprint density at radius 3 is 1.94 bits per heavy atom. The second-order valence-corrected chi connectivity index (χ2v) is 4.57. The molecule has 3 heteroatoms. The van der Waals surface area contributed by atoms with Crippen molar-refractivity contribution >= 4 is 17.7 Å². The highest BCUT2D eigenvalue weighted by molar-refractivity contribution is 8.04. The highest BCUT2D eigenvalue weighted by atomic mass is 32.2. The van der Waals surface area contributed by atoms with E-state index in [1.54, 1.807) is 31.7 Å². The quantitative estimate of drug-likeness (QED) is 0.723. The van der Waals surface area contributed by atoms with E-state index in [9.17, 15) is 4.79 Å². The van der Waals surface area contributed by atoms with Gasteiger partial charge in [-0.2, -0.15) is 0 Å². The molecule has 0 saturated carbocycles. The summed E-state index contributed by atoms with van der Waals surface area (Å²) in [6.45, 7) is 10.8. The number of thioether (sulfide) groups is 1. The van der Waals surface area contributed by atoms with Crippen molar-refractivity contribution in [2.75, 3.05) is 0 Å². The van der Waals surface area contributed by atoms with Crippen LogP contribution in [0.25, 0.3) is 0 Å². The Bertz CT molecular complexity index is 243. The van der Waals surface area contributed by atoms with Crippen molar-refractivity contribution < 1.29 is 9.90 Å². The van der Waals surface area contributed by atoms with Gasteiger partial charge in [0, 0.05) is 0 Å². The molecule has 0 aromatic rings. The minimum atomic E-state index is -0.776. The smallest absolute Gasteiger partial charge is 0.309 e. The van der Waals surface area contributed by atoms with Gasteiger partial charge in [0.15, 0.2) is 0 Å². The lowest BCUT2D eigenvalue weighted by atomic mass is 9.90. The van der Waals surface area contributed by atoms with Crippen LogP contribution in [0.1, 0.15) is 34.1 Å². The van der Waals surface area contributed by atoms with Crippen molar-refractivity contribution in [3.8, 4) is 0 Å². The van der Waals surface area contributed by atoms with E-state index in [0.717, 1.165) is 0 Å². The van der Waals surface area contributed by atoms with Crippen LogP contribution in [0.2, 0.25) is 0 Å². The molecule has 92 valence electrons. The van der Waals surface area contributed by atoms with Gasteiger partial charge in [0.2, 0.25) is 0 Å². The molecule has 0 unspecified atom stereocenters. The fraction of sp³-hybridized carbons (Fsp3) is 0.462. The standard InChI is InChI=1S/C7H12O2.C6H10S/c1-4-5-7(2,3)6(8)9;1-3-5-7-6-4-2/h4H,1,5H2,2-3H3,(H,8,9);3-6H,1-2H3. The summed E-state index contributed by atoms with van der Waals surface area (Å²) in [5.74, 6) is -0.776. The minimum Gasteiger partial charge on any atom is -0.481 e. The number of carbonyl (C=O) groups is 1. The van der Waals surface area contributed by atoms with Crippen LogP contribution in [0.3, 0.4) is 0 Å². The Kier molecular flexibility index (Phi) is 11.5. The summed E-state index contributed by atoms with van der Waals surface area (Å²) in [7, 11) is 0. The van der Waals surface area contributed by atoms with Gasteiger partial charge < -0.3 is 5.11 Å². The zero-order valence-electron chi connectivity index (χ0n) is 10.6. The minimum absolute atomic E-state index is 0.516. The number of hydrogen-bond donors (Lipinski definition) is 1. The first-order valence-corrected chi connectivity index (χ1v) is 6.08. The van der Waals surface area contributed by atoms with Gasteiger partial charge in [-0.25, -0.2) is 0 Å². The van der Waals surface area contributed by atoms with Crippen molar-refractivity contribution in [2.45, 2.75) is 34.1 Å². The van der Waals surface area contributed by atoms with E-state index < -0.39 is 11.4 Å². The molecule has 0 aromatic heterocycles. The van der Waals surface area contributed by atoms with E-state index >= 15 is 0 Å². The molecule has 0 aliphatic carbocycles. The Morgan fingerprint density at radius 1 is 1.31 bits per heavy atom. The fourth-order valence-corrected chi connectivity index (χ4v) is 1.06. The second kappa shape index (κ2) is 10.6. The predicted molar refractivity (Wildman–Crippen MR) is 73.4 cm³/mol. The van der Waals surface area contributed by atoms with Crippen molar-refractivity contribution in [1.82, 2.24) is 0 Å². The third kappa shape index (κ3) is 11.1. The van der Waals surface area contributed by atoms with Crippen LogP contribution in [0.5, 0.6) is 0 Å². The third-order valence-electron chi connectivity index (χ3n) is 1.66. The summed E-state index contributed by atoms with van der Waals surface area (Å²) in [6, 6.07) is 0. The molecule has 0 spiro atoms. The van der Waals surface area contributed by atoms with E-state index in [1.165, 1.54) is 0 Å². The number of carboxylic acid groups (broad SMARTS) is 1. The summed E-state index contributed by atoms with van der Waals surface area (Å²) in [4.78, 5) is 10.4. The van der Waals surface area contributed by atoms with Crippen LogP contribution >= 0.6 is 11.8 Å². The number of rotatable bonds is 5. The predicted octanol–water partition coefficient (Wildman–Crippen LogP) is 4.46. The highest BCUT2D eigenvalue weighted by Gasteiger charge is 2.24. The van der Waals surface area contributed by atoms with Crippen molar-refractivity contribution in [2.24, 2.45) is 5.41 Å². The molecule has 0 atom stereocenters. The molecule has 0 aromatic carbocycles. The Balaban J connectivity index is 0. The summed E-state index contributed by atoms with van der Waals surface area (Å²) >= 11 is 1.69. The molecule has 0 radical (unpaired) electrons.